The van der Waals surface area contributed by atoms with E-state index < -0.39 is 0 Å². The van der Waals surface area contributed by atoms with Crippen molar-refractivity contribution in [2.45, 2.75) is 6.61 Å². The minimum atomic E-state index is 0. The Labute approximate surface area is 177 Å². The van der Waals surface area contributed by atoms with Gasteiger partial charge < -0.3 is 10.2 Å². The Bertz CT molecular complexity index is 1250. The summed E-state index contributed by atoms with van der Waals surface area (Å²) >= 11 is 0. The van der Waals surface area contributed by atoms with Crippen molar-refractivity contribution in [2.75, 3.05) is 0 Å². The Hall–Kier alpha value is -3.63. The summed E-state index contributed by atoms with van der Waals surface area (Å²) in [4.78, 5) is 3.85. The van der Waals surface area contributed by atoms with Crippen LogP contribution in [0.25, 0.3) is 32.7 Å². The van der Waals surface area contributed by atoms with E-state index in [-0.39, 0.29) is 15.0 Å². The van der Waals surface area contributed by atoms with Crippen molar-refractivity contribution in [3.63, 3.8) is 0 Å². The van der Waals surface area contributed by atoms with Crippen LogP contribution < -0.4 is 0 Å². The number of rotatable bonds is 2. The molecular weight excluding hydrogens is 369 g/mol. The highest BCUT2D eigenvalue weighted by Crippen LogP contribution is 2.39. The minimum Gasteiger partial charge on any atom is -0.507 e. The van der Waals surface area contributed by atoms with E-state index in [1.807, 2.05) is 48.5 Å². The predicted molar refractivity (Wildman–Crippen MR) is 124 cm³/mol. The van der Waals surface area contributed by atoms with Crippen molar-refractivity contribution < 1.29 is 10.2 Å². The van der Waals surface area contributed by atoms with Crippen molar-refractivity contribution in [1.29, 1.82) is 0 Å². The average molecular weight is 390 g/mol. The lowest BCUT2D eigenvalue weighted by Crippen LogP contribution is -1.85. The van der Waals surface area contributed by atoms with E-state index in [0.717, 1.165) is 27.3 Å². The number of aliphatic hydroxyl groups excluding tert-OH is 1. The quantitative estimate of drug-likeness (QED) is 0.388. The fourth-order valence-electron chi connectivity index (χ4n) is 3.48. The van der Waals surface area contributed by atoms with Crippen molar-refractivity contribution in [3.8, 4) is 16.9 Å². The molecule has 4 aromatic carbocycles. The van der Waals surface area contributed by atoms with Crippen LogP contribution in [0.1, 0.15) is 5.69 Å². The largest absolute Gasteiger partial charge is 0.507 e. The Morgan fingerprint density at radius 1 is 0.633 bits per heavy atom. The third kappa shape index (κ3) is 4.34. The van der Waals surface area contributed by atoms with Gasteiger partial charge in [-0.25, -0.2) is 0 Å². The lowest BCUT2D eigenvalue weighted by atomic mass is 9.93. The SMILES string of the molecule is OCc1ccccn1.Oc1ccc2ccccc2c1-c1cccc2ccccc12.[B]. The van der Waals surface area contributed by atoms with Crippen LogP contribution in [0.3, 0.4) is 0 Å². The van der Waals surface area contributed by atoms with Crippen LogP contribution in [-0.2, 0) is 6.61 Å². The van der Waals surface area contributed by atoms with E-state index in [1.54, 1.807) is 18.3 Å². The Morgan fingerprint density at radius 2 is 1.27 bits per heavy atom. The summed E-state index contributed by atoms with van der Waals surface area (Å²) in [5.41, 5.74) is 2.69. The van der Waals surface area contributed by atoms with Crippen LogP contribution in [-0.4, -0.2) is 23.6 Å². The monoisotopic (exact) mass is 390 g/mol. The number of phenols is 1. The molecule has 0 aliphatic rings. The van der Waals surface area contributed by atoms with Gasteiger partial charge in [0.25, 0.3) is 0 Å². The Balaban J connectivity index is 0.000000242. The van der Waals surface area contributed by atoms with Crippen molar-refractivity contribution in [2.24, 2.45) is 0 Å². The first-order chi connectivity index (χ1) is 14.3. The third-order valence-corrected chi connectivity index (χ3v) is 4.85. The Kier molecular flexibility index (Phi) is 6.84. The highest BCUT2D eigenvalue weighted by molar-refractivity contribution is 6.07. The van der Waals surface area contributed by atoms with Gasteiger partial charge >= 0.3 is 0 Å². The second kappa shape index (κ2) is 9.72. The lowest BCUT2D eigenvalue weighted by Gasteiger charge is -2.12. The highest BCUT2D eigenvalue weighted by Gasteiger charge is 2.11. The van der Waals surface area contributed by atoms with Gasteiger partial charge in [-0.15, -0.1) is 0 Å². The Morgan fingerprint density at radius 3 is 1.93 bits per heavy atom. The number of phenolic OH excluding ortho intramolecular Hbond substituents is 1. The van der Waals surface area contributed by atoms with Crippen LogP contribution >= 0.6 is 0 Å². The predicted octanol–water partition coefficient (Wildman–Crippen LogP) is 5.56. The van der Waals surface area contributed by atoms with Crippen LogP contribution in [0.5, 0.6) is 5.75 Å². The minimum absolute atomic E-state index is 0. The van der Waals surface area contributed by atoms with Gasteiger partial charge in [0.15, 0.2) is 0 Å². The standard InChI is InChI=1S/C20H14O.C6H7NO.B/c21-19-13-12-15-7-2-4-10-17(15)20(19)18-11-5-8-14-6-1-3-9-16(14)18;8-5-6-3-1-2-4-7-6;/h1-13,21H;1-4,8H,5H2;. The molecule has 0 amide bonds. The zero-order chi connectivity index (χ0) is 20.1. The third-order valence-electron chi connectivity index (χ3n) is 4.85. The number of benzene rings is 4. The first-order valence-corrected chi connectivity index (χ1v) is 9.47. The van der Waals surface area contributed by atoms with Gasteiger partial charge in [-0.3, -0.25) is 4.98 Å². The molecule has 1 heterocycles. The molecule has 3 nitrogen and oxygen atoms in total. The molecule has 5 aromatic rings. The maximum absolute atomic E-state index is 10.4. The molecule has 0 aliphatic heterocycles. The van der Waals surface area contributed by atoms with Crippen LogP contribution in [0.2, 0.25) is 0 Å². The van der Waals surface area contributed by atoms with Gasteiger partial charge in [0, 0.05) is 20.2 Å². The summed E-state index contributed by atoms with van der Waals surface area (Å²) in [7, 11) is 0. The molecule has 0 unspecified atom stereocenters. The summed E-state index contributed by atoms with van der Waals surface area (Å²) in [6, 6.07) is 31.8. The molecule has 0 saturated carbocycles. The molecule has 0 aliphatic carbocycles. The van der Waals surface area contributed by atoms with E-state index in [2.05, 4.69) is 41.4 Å². The van der Waals surface area contributed by atoms with Gasteiger partial charge in [0.1, 0.15) is 5.75 Å². The first kappa shape index (κ1) is 21.1. The molecule has 0 atom stereocenters. The van der Waals surface area contributed by atoms with Crippen LogP contribution in [0, 0.1) is 0 Å². The maximum atomic E-state index is 10.4. The fraction of sp³-hybridized carbons (Fsp3) is 0.0385. The van der Waals surface area contributed by atoms with E-state index in [4.69, 9.17) is 5.11 Å². The number of aliphatic hydroxyl groups is 1. The molecule has 4 heteroatoms. The molecule has 1 aromatic heterocycles. The molecule has 3 radical (unpaired) electrons. The molecule has 30 heavy (non-hydrogen) atoms. The normalized spacial score (nSPS) is 10.2. The maximum Gasteiger partial charge on any atom is 0.124 e. The van der Waals surface area contributed by atoms with Gasteiger partial charge in [-0.2, -0.15) is 0 Å². The van der Waals surface area contributed by atoms with Gasteiger partial charge in [-0.1, -0.05) is 78.9 Å². The molecule has 0 fully saturated rings. The second-order valence-electron chi connectivity index (χ2n) is 6.69. The first-order valence-electron chi connectivity index (χ1n) is 9.47. The summed E-state index contributed by atoms with van der Waals surface area (Å²) in [6.07, 6.45) is 1.66. The molecule has 0 saturated heterocycles. The number of aromatic hydroxyl groups is 1. The second-order valence-corrected chi connectivity index (χ2v) is 6.69. The zero-order valence-corrected chi connectivity index (χ0v) is 16.4. The van der Waals surface area contributed by atoms with Crippen molar-refractivity contribution in [3.05, 3.63) is 109 Å². The molecule has 0 bridgehead atoms. The molecule has 145 valence electrons. The van der Waals surface area contributed by atoms with Gasteiger partial charge in [-0.05, 0) is 45.3 Å². The number of fused-ring (bicyclic) bond motifs is 2. The van der Waals surface area contributed by atoms with E-state index in [0.29, 0.717) is 11.4 Å². The summed E-state index contributed by atoms with van der Waals surface area (Å²) < 4.78 is 0. The molecule has 2 N–H and O–H groups in total. The average Bonchev–Trinajstić information content (AvgIpc) is 2.80. The summed E-state index contributed by atoms with van der Waals surface area (Å²) in [5, 5.41) is 23.5. The number of nitrogens with zero attached hydrogens (tertiary/aromatic N) is 1. The summed E-state index contributed by atoms with van der Waals surface area (Å²) in [5.74, 6) is 0.324. The topological polar surface area (TPSA) is 53.4 Å². The fourth-order valence-corrected chi connectivity index (χ4v) is 3.48. The molecule has 0 spiro atoms. The molecular formula is C26H21BNO2. The number of hydrogen-bond acceptors (Lipinski definition) is 3. The lowest BCUT2D eigenvalue weighted by molar-refractivity contribution is 0.277. The number of pyridine rings is 1. The zero-order valence-electron chi connectivity index (χ0n) is 16.4. The van der Waals surface area contributed by atoms with Crippen LogP contribution in [0.15, 0.2) is 103 Å². The van der Waals surface area contributed by atoms with E-state index >= 15 is 0 Å². The molecule has 5 rings (SSSR count). The number of hydrogen-bond donors (Lipinski definition) is 2. The van der Waals surface area contributed by atoms with Crippen LogP contribution in [0.4, 0.5) is 0 Å². The summed E-state index contributed by atoms with van der Waals surface area (Å²) in [6.45, 7) is 0.0286. The van der Waals surface area contributed by atoms with Crippen molar-refractivity contribution in [1.82, 2.24) is 4.98 Å². The van der Waals surface area contributed by atoms with Gasteiger partial charge in [0.2, 0.25) is 0 Å². The van der Waals surface area contributed by atoms with E-state index in [1.165, 1.54) is 5.39 Å². The number of aromatic nitrogens is 1. The highest BCUT2D eigenvalue weighted by atomic mass is 16.3. The van der Waals surface area contributed by atoms with E-state index in [9.17, 15) is 5.11 Å². The van der Waals surface area contributed by atoms with Gasteiger partial charge in [0.05, 0.1) is 12.3 Å². The smallest absolute Gasteiger partial charge is 0.124 e. The van der Waals surface area contributed by atoms with Crippen molar-refractivity contribution >= 4 is 30.0 Å².